The van der Waals surface area contributed by atoms with Crippen LogP contribution in [0.3, 0.4) is 0 Å². The van der Waals surface area contributed by atoms with Gasteiger partial charge in [0.05, 0.1) is 12.1 Å². The number of benzene rings is 1. The first-order valence-corrected chi connectivity index (χ1v) is 4.41. The van der Waals surface area contributed by atoms with E-state index in [1.807, 2.05) is 0 Å². The van der Waals surface area contributed by atoms with Crippen LogP contribution in [0.15, 0.2) is 24.3 Å². The van der Waals surface area contributed by atoms with E-state index in [9.17, 15) is 9.59 Å². The molecule has 0 fully saturated rings. The van der Waals surface area contributed by atoms with Gasteiger partial charge in [0.1, 0.15) is 0 Å². The Hall–Kier alpha value is -1.88. The van der Waals surface area contributed by atoms with E-state index in [-0.39, 0.29) is 12.1 Å². The zero-order valence-corrected chi connectivity index (χ0v) is 8.06. The topological polar surface area (TPSA) is 92.4 Å². The van der Waals surface area contributed by atoms with Gasteiger partial charge in [0.15, 0.2) is 0 Å². The Kier molecular flexibility index (Phi) is 3.82. The van der Waals surface area contributed by atoms with Crippen molar-refractivity contribution in [2.45, 2.75) is 6.54 Å². The number of hydrogen-bond acceptors (Lipinski definition) is 3. The molecule has 0 saturated carbocycles. The van der Waals surface area contributed by atoms with Crippen LogP contribution in [0.2, 0.25) is 0 Å². The molecule has 1 rings (SSSR count). The summed E-state index contributed by atoms with van der Waals surface area (Å²) >= 11 is 0. The standard InChI is InChI=1S/C10H12N2O3/c11-9(13)6-12-5-7-2-1-3-8(4-7)10(14)15/h1-4,12H,5-6H2,(H2,11,13)(H,14,15). The number of rotatable bonds is 5. The molecular formula is C10H12N2O3. The van der Waals surface area contributed by atoms with Crippen molar-refractivity contribution in [3.05, 3.63) is 35.4 Å². The number of amides is 1. The van der Waals surface area contributed by atoms with Gasteiger partial charge in [-0.05, 0) is 17.7 Å². The van der Waals surface area contributed by atoms with Crippen molar-refractivity contribution in [3.8, 4) is 0 Å². The summed E-state index contributed by atoms with van der Waals surface area (Å²) in [6, 6.07) is 6.50. The number of carboxylic acid groups (broad SMARTS) is 1. The molecule has 1 amide bonds. The summed E-state index contributed by atoms with van der Waals surface area (Å²) < 4.78 is 0. The van der Waals surface area contributed by atoms with Crippen LogP contribution in [0, 0.1) is 0 Å². The van der Waals surface area contributed by atoms with Crippen molar-refractivity contribution >= 4 is 11.9 Å². The average Bonchev–Trinajstić information content (AvgIpc) is 2.17. The van der Waals surface area contributed by atoms with Crippen molar-refractivity contribution in [1.82, 2.24) is 5.32 Å². The maximum Gasteiger partial charge on any atom is 0.335 e. The lowest BCUT2D eigenvalue weighted by Gasteiger charge is -2.03. The van der Waals surface area contributed by atoms with Crippen molar-refractivity contribution in [3.63, 3.8) is 0 Å². The van der Waals surface area contributed by atoms with Gasteiger partial charge in [0.25, 0.3) is 0 Å². The average molecular weight is 208 g/mol. The summed E-state index contributed by atoms with van der Waals surface area (Å²) in [5, 5.41) is 11.5. The van der Waals surface area contributed by atoms with Crippen LogP contribution >= 0.6 is 0 Å². The van der Waals surface area contributed by atoms with Crippen LogP contribution in [0.5, 0.6) is 0 Å². The predicted molar refractivity (Wildman–Crippen MR) is 54.3 cm³/mol. The monoisotopic (exact) mass is 208 g/mol. The van der Waals surface area contributed by atoms with E-state index in [4.69, 9.17) is 10.8 Å². The summed E-state index contributed by atoms with van der Waals surface area (Å²) in [5.41, 5.74) is 5.97. The fraction of sp³-hybridized carbons (Fsp3) is 0.200. The highest BCUT2D eigenvalue weighted by molar-refractivity contribution is 5.87. The van der Waals surface area contributed by atoms with E-state index in [0.717, 1.165) is 5.56 Å². The predicted octanol–water partition coefficient (Wildman–Crippen LogP) is -0.0403. The Balaban J connectivity index is 2.58. The highest BCUT2D eigenvalue weighted by Gasteiger charge is 2.02. The summed E-state index contributed by atoms with van der Waals surface area (Å²) in [6.07, 6.45) is 0. The number of nitrogens with one attached hydrogen (secondary N) is 1. The van der Waals surface area contributed by atoms with Crippen molar-refractivity contribution < 1.29 is 14.7 Å². The Bertz CT molecular complexity index is 377. The SMILES string of the molecule is NC(=O)CNCc1cccc(C(=O)O)c1. The number of carboxylic acids is 1. The third-order valence-corrected chi connectivity index (χ3v) is 1.80. The van der Waals surface area contributed by atoms with E-state index in [1.54, 1.807) is 18.2 Å². The summed E-state index contributed by atoms with van der Waals surface area (Å²) in [5.74, 6) is -1.41. The van der Waals surface area contributed by atoms with Crippen LogP contribution in [-0.2, 0) is 11.3 Å². The second kappa shape index (κ2) is 5.11. The van der Waals surface area contributed by atoms with Crippen molar-refractivity contribution in [2.24, 2.45) is 5.73 Å². The fourth-order valence-corrected chi connectivity index (χ4v) is 1.14. The highest BCUT2D eigenvalue weighted by atomic mass is 16.4. The molecule has 1 aromatic rings. The van der Waals surface area contributed by atoms with Crippen LogP contribution < -0.4 is 11.1 Å². The third kappa shape index (κ3) is 3.78. The summed E-state index contributed by atoms with van der Waals surface area (Å²) in [6.45, 7) is 0.501. The minimum atomic E-state index is -0.966. The largest absolute Gasteiger partial charge is 0.478 e. The van der Waals surface area contributed by atoms with Crippen LogP contribution in [0.25, 0.3) is 0 Å². The number of primary amides is 1. The molecule has 0 aliphatic rings. The molecule has 0 saturated heterocycles. The molecule has 5 nitrogen and oxygen atoms in total. The van der Waals surface area contributed by atoms with Gasteiger partial charge in [0.2, 0.25) is 5.91 Å². The number of aromatic carboxylic acids is 1. The first-order chi connectivity index (χ1) is 7.09. The lowest BCUT2D eigenvalue weighted by Crippen LogP contribution is -2.28. The minimum Gasteiger partial charge on any atom is -0.478 e. The van der Waals surface area contributed by atoms with Crippen molar-refractivity contribution in [2.75, 3.05) is 6.54 Å². The second-order valence-corrected chi connectivity index (χ2v) is 3.08. The molecule has 0 aliphatic heterocycles. The molecule has 15 heavy (non-hydrogen) atoms. The smallest absolute Gasteiger partial charge is 0.335 e. The molecular weight excluding hydrogens is 196 g/mol. The zero-order chi connectivity index (χ0) is 11.3. The Morgan fingerprint density at radius 2 is 2.13 bits per heavy atom. The molecule has 0 spiro atoms. The fourth-order valence-electron chi connectivity index (χ4n) is 1.14. The maximum absolute atomic E-state index is 10.6. The third-order valence-electron chi connectivity index (χ3n) is 1.80. The van der Waals surface area contributed by atoms with Crippen LogP contribution in [-0.4, -0.2) is 23.5 Å². The second-order valence-electron chi connectivity index (χ2n) is 3.08. The lowest BCUT2D eigenvalue weighted by molar-refractivity contribution is -0.117. The number of nitrogens with two attached hydrogens (primary N) is 1. The van der Waals surface area contributed by atoms with Gasteiger partial charge in [-0.3, -0.25) is 4.79 Å². The van der Waals surface area contributed by atoms with E-state index < -0.39 is 11.9 Å². The molecule has 0 heterocycles. The van der Waals surface area contributed by atoms with E-state index in [1.165, 1.54) is 6.07 Å². The van der Waals surface area contributed by atoms with E-state index in [0.29, 0.717) is 6.54 Å². The molecule has 0 unspecified atom stereocenters. The van der Waals surface area contributed by atoms with Crippen LogP contribution in [0.4, 0.5) is 0 Å². The Labute approximate surface area is 86.9 Å². The summed E-state index contributed by atoms with van der Waals surface area (Å²) in [7, 11) is 0. The Morgan fingerprint density at radius 3 is 2.73 bits per heavy atom. The first-order valence-electron chi connectivity index (χ1n) is 4.41. The van der Waals surface area contributed by atoms with Crippen LogP contribution in [0.1, 0.15) is 15.9 Å². The Morgan fingerprint density at radius 1 is 1.40 bits per heavy atom. The maximum atomic E-state index is 10.6. The zero-order valence-electron chi connectivity index (χ0n) is 8.06. The molecule has 0 aliphatic carbocycles. The lowest BCUT2D eigenvalue weighted by atomic mass is 10.1. The molecule has 0 radical (unpaired) electrons. The quantitative estimate of drug-likeness (QED) is 0.633. The molecule has 0 bridgehead atoms. The molecule has 5 heteroatoms. The molecule has 4 N–H and O–H groups in total. The van der Waals surface area contributed by atoms with Gasteiger partial charge in [-0.2, -0.15) is 0 Å². The minimum absolute atomic E-state index is 0.0807. The molecule has 0 atom stereocenters. The van der Waals surface area contributed by atoms with E-state index >= 15 is 0 Å². The van der Waals surface area contributed by atoms with Crippen molar-refractivity contribution in [1.29, 1.82) is 0 Å². The highest BCUT2D eigenvalue weighted by Crippen LogP contribution is 2.04. The van der Waals surface area contributed by atoms with Gasteiger partial charge >= 0.3 is 5.97 Å². The van der Waals surface area contributed by atoms with Gasteiger partial charge in [-0.15, -0.1) is 0 Å². The van der Waals surface area contributed by atoms with Gasteiger partial charge < -0.3 is 16.2 Å². The van der Waals surface area contributed by atoms with Gasteiger partial charge in [-0.1, -0.05) is 12.1 Å². The summed E-state index contributed by atoms with van der Waals surface area (Å²) in [4.78, 5) is 21.1. The first kappa shape index (κ1) is 11.2. The molecule has 0 aromatic heterocycles. The number of carbonyl (C=O) groups excluding carboxylic acids is 1. The van der Waals surface area contributed by atoms with Gasteiger partial charge in [-0.25, -0.2) is 4.79 Å². The normalized spacial score (nSPS) is 9.87. The van der Waals surface area contributed by atoms with Gasteiger partial charge in [0, 0.05) is 6.54 Å². The molecule has 80 valence electrons. The molecule has 1 aromatic carbocycles. The number of carbonyl (C=O) groups is 2. The number of hydrogen-bond donors (Lipinski definition) is 3. The van der Waals surface area contributed by atoms with E-state index in [2.05, 4.69) is 5.32 Å².